The predicted octanol–water partition coefficient (Wildman–Crippen LogP) is 4.55. The topological polar surface area (TPSA) is 78.5 Å². The molecule has 3 amide bonds. The molecule has 0 unspecified atom stereocenters. The Bertz CT molecular complexity index is 1170. The average molecular weight is 428 g/mol. The van der Waals surface area contributed by atoms with Crippen molar-refractivity contribution < 1.29 is 14.4 Å². The van der Waals surface area contributed by atoms with E-state index in [9.17, 15) is 14.4 Å². The molecule has 0 spiro atoms. The summed E-state index contributed by atoms with van der Waals surface area (Å²) in [7, 11) is 0. The molecular formula is C26H25N3O3. The molecule has 4 rings (SSSR count). The first-order chi connectivity index (χ1) is 15.4. The SMILES string of the molecule is Cc1ccc(NC(=O)[C@@H]2CC(=O)N(c3cccc(C(=O)Nc4cccc(C)c4)c3)C2)cc1. The minimum absolute atomic E-state index is 0.134. The number of hydrogen-bond donors (Lipinski definition) is 2. The second kappa shape index (κ2) is 9.06. The summed E-state index contributed by atoms with van der Waals surface area (Å²) in [6.45, 7) is 4.22. The first kappa shape index (κ1) is 21.3. The molecule has 1 aliphatic rings. The van der Waals surface area contributed by atoms with Gasteiger partial charge in [0.05, 0.1) is 5.92 Å². The molecule has 0 aromatic heterocycles. The van der Waals surface area contributed by atoms with Crippen molar-refractivity contribution in [3.8, 4) is 0 Å². The molecule has 6 nitrogen and oxygen atoms in total. The fourth-order valence-electron chi connectivity index (χ4n) is 3.76. The lowest BCUT2D eigenvalue weighted by Gasteiger charge is -2.18. The Balaban J connectivity index is 1.44. The second-order valence-corrected chi connectivity index (χ2v) is 8.13. The number of benzene rings is 3. The van der Waals surface area contributed by atoms with Crippen LogP contribution in [-0.4, -0.2) is 24.3 Å². The minimum Gasteiger partial charge on any atom is -0.326 e. The van der Waals surface area contributed by atoms with Gasteiger partial charge in [0.25, 0.3) is 5.91 Å². The molecule has 3 aromatic carbocycles. The Hall–Kier alpha value is -3.93. The zero-order valence-corrected chi connectivity index (χ0v) is 18.1. The molecule has 32 heavy (non-hydrogen) atoms. The first-order valence-electron chi connectivity index (χ1n) is 10.5. The van der Waals surface area contributed by atoms with Crippen molar-refractivity contribution in [2.75, 3.05) is 22.1 Å². The van der Waals surface area contributed by atoms with Gasteiger partial charge in [-0.2, -0.15) is 0 Å². The smallest absolute Gasteiger partial charge is 0.255 e. The van der Waals surface area contributed by atoms with Crippen LogP contribution < -0.4 is 15.5 Å². The summed E-state index contributed by atoms with van der Waals surface area (Å²) >= 11 is 0. The quantitative estimate of drug-likeness (QED) is 0.627. The van der Waals surface area contributed by atoms with E-state index >= 15 is 0 Å². The molecule has 0 saturated carbocycles. The fraction of sp³-hybridized carbons (Fsp3) is 0.192. The number of anilines is 3. The molecule has 1 aliphatic heterocycles. The lowest BCUT2D eigenvalue weighted by Crippen LogP contribution is -2.28. The van der Waals surface area contributed by atoms with E-state index in [1.165, 1.54) is 0 Å². The van der Waals surface area contributed by atoms with Crippen molar-refractivity contribution in [2.24, 2.45) is 5.92 Å². The van der Waals surface area contributed by atoms with Gasteiger partial charge in [-0.1, -0.05) is 35.9 Å². The van der Waals surface area contributed by atoms with Crippen LogP contribution in [0.1, 0.15) is 27.9 Å². The van der Waals surface area contributed by atoms with Crippen molar-refractivity contribution in [3.05, 3.63) is 89.5 Å². The van der Waals surface area contributed by atoms with Crippen LogP contribution in [0.15, 0.2) is 72.8 Å². The molecule has 1 heterocycles. The van der Waals surface area contributed by atoms with Gasteiger partial charge in [-0.3, -0.25) is 14.4 Å². The molecule has 0 bridgehead atoms. The van der Waals surface area contributed by atoms with Gasteiger partial charge in [-0.25, -0.2) is 0 Å². The lowest BCUT2D eigenvalue weighted by molar-refractivity contribution is -0.122. The van der Waals surface area contributed by atoms with Crippen LogP contribution in [0.5, 0.6) is 0 Å². The van der Waals surface area contributed by atoms with E-state index in [-0.39, 0.29) is 30.7 Å². The number of rotatable bonds is 5. The number of carbonyl (C=O) groups is 3. The number of nitrogens with one attached hydrogen (secondary N) is 2. The largest absolute Gasteiger partial charge is 0.326 e. The molecule has 3 aromatic rings. The lowest BCUT2D eigenvalue weighted by atomic mass is 10.1. The van der Waals surface area contributed by atoms with Crippen LogP contribution in [0.3, 0.4) is 0 Å². The third-order valence-electron chi connectivity index (χ3n) is 5.51. The molecule has 0 aliphatic carbocycles. The Morgan fingerprint density at radius 2 is 1.59 bits per heavy atom. The summed E-state index contributed by atoms with van der Waals surface area (Å²) in [6.07, 6.45) is 0.136. The van der Waals surface area contributed by atoms with Crippen LogP contribution in [0.2, 0.25) is 0 Å². The zero-order valence-electron chi connectivity index (χ0n) is 18.1. The molecule has 0 radical (unpaired) electrons. The monoisotopic (exact) mass is 427 g/mol. The van der Waals surface area contributed by atoms with Gasteiger partial charge in [-0.05, 0) is 61.9 Å². The maximum Gasteiger partial charge on any atom is 0.255 e. The van der Waals surface area contributed by atoms with E-state index in [0.717, 1.165) is 11.1 Å². The summed E-state index contributed by atoms with van der Waals surface area (Å²) in [5.41, 5.74) is 4.64. The van der Waals surface area contributed by atoms with Gasteiger partial charge in [0, 0.05) is 35.6 Å². The molecule has 6 heteroatoms. The van der Waals surface area contributed by atoms with Gasteiger partial charge < -0.3 is 15.5 Å². The Morgan fingerprint density at radius 1 is 0.844 bits per heavy atom. The van der Waals surface area contributed by atoms with Gasteiger partial charge in [0.15, 0.2) is 0 Å². The van der Waals surface area contributed by atoms with E-state index in [1.807, 2.05) is 62.4 Å². The highest BCUT2D eigenvalue weighted by Crippen LogP contribution is 2.27. The number of aryl methyl sites for hydroxylation is 2. The average Bonchev–Trinajstić information content (AvgIpc) is 3.17. The summed E-state index contributed by atoms with van der Waals surface area (Å²) < 4.78 is 0. The summed E-state index contributed by atoms with van der Waals surface area (Å²) in [4.78, 5) is 39.6. The maximum absolute atomic E-state index is 12.7. The van der Waals surface area contributed by atoms with E-state index in [1.54, 1.807) is 29.2 Å². The summed E-state index contributed by atoms with van der Waals surface area (Å²) in [6, 6.07) is 22.0. The van der Waals surface area contributed by atoms with Crippen molar-refractivity contribution >= 4 is 34.8 Å². The van der Waals surface area contributed by atoms with Crippen molar-refractivity contribution in [1.29, 1.82) is 0 Å². The summed E-state index contributed by atoms with van der Waals surface area (Å²) in [5, 5.41) is 5.76. The predicted molar refractivity (Wildman–Crippen MR) is 126 cm³/mol. The van der Waals surface area contributed by atoms with Gasteiger partial charge >= 0.3 is 0 Å². The second-order valence-electron chi connectivity index (χ2n) is 8.13. The van der Waals surface area contributed by atoms with Crippen LogP contribution >= 0.6 is 0 Å². The molecule has 2 N–H and O–H groups in total. The first-order valence-corrected chi connectivity index (χ1v) is 10.5. The van der Waals surface area contributed by atoms with E-state index in [2.05, 4.69) is 10.6 Å². The highest BCUT2D eigenvalue weighted by Gasteiger charge is 2.35. The number of carbonyl (C=O) groups excluding carboxylic acids is 3. The summed E-state index contributed by atoms with van der Waals surface area (Å²) in [5.74, 6) is -1.02. The maximum atomic E-state index is 12.7. The third kappa shape index (κ3) is 4.86. The minimum atomic E-state index is -0.450. The number of amides is 3. The van der Waals surface area contributed by atoms with Crippen LogP contribution in [0, 0.1) is 19.8 Å². The third-order valence-corrected chi connectivity index (χ3v) is 5.51. The van der Waals surface area contributed by atoms with Gasteiger partial charge in [0.1, 0.15) is 0 Å². The van der Waals surface area contributed by atoms with Crippen molar-refractivity contribution in [3.63, 3.8) is 0 Å². The number of hydrogen-bond acceptors (Lipinski definition) is 3. The van der Waals surface area contributed by atoms with Crippen LogP contribution in [0.4, 0.5) is 17.1 Å². The highest BCUT2D eigenvalue weighted by molar-refractivity contribution is 6.07. The van der Waals surface area contributed by atoms with E-state index < -0.39 is 5.92 Å². The standard InChI is InChI=1S/C26H25N3O3/c1-17-9-11-21(12-10-17)27-26(32)20-15-24(30)29(16-20)23-8-4-6-19(14-23)25(31)28-22-7-3-5-18(2)13-22/h3-14,20H,15-16H2,1-2H3,(H,27,32)(H,28,31)/t20-/m1/s1. The Morgan fingerprint density at radius 3 is 2.34 bits per heavy atom. The van der Waals surface area contributed by atoms with E-state index in [4.69, 9.17) is 0 Å². The molecular weight excluding hydrogens is 402 g/mol. The number of nitrogens with zero attached hydrogens (tertiary/aromatic N) is 1. The highest BCUT2D eigenvalue weighted by atomic mass is 16.2. The molecule has 1 atom stereocenters. The fourth-order valence-corrected chi connectivity index (χ4v) is 3.76. The van der Waals surface area contributed by atoms with Crippen molar-refractivity contribution in [1.82, 2.24) is 0 Å². The van der Waals surface area contributed by atoms with Gasteiger partial charge in [0.2, 0.25) is 11.8 Å². The molecule has 1 saturated heterocycles. The normalized spacial score (nSPS) is 15.5. The van der Waals surface area contributed by atoms with Gasteiger partial charge in [-0.15, -0.1) is 0 Å². The zero-order chi connectivity index (χ0) is 22.7. The Kier molecular flexibility index (Phi) is 6.03. The molecule has 1 fully saturated rings. The van der Waals surface area contributed by atoms with Crippen molar-refractivity contribution in [2.45, 2.75) is 20.3 Å². The van der Waals surface area contributed by atoms with E-state index in [0.29, 0.717) is 22.6 Å². The van der Waals surface area contributed by atoms with Crippen LogP contribution in [-0.2, 0) is 9.59 Å². The molecule has 162 valence electrons. The van der Waals surface area contributed by atoms with Crippen LogP contribution in [0.25, 0.3) is 0 Å². The Labute approximate surface area is 187 Å².